The first-order chi connectivity index (χ1) is 10.0. The molecule has 1 aliphatic rings. The average Bonchev–Trinajstić information content (AvgIpc) is 2.93. The van der Waals surface area contributed by atoms with E-state index in [1.54, 1.807) is 17.8 Å². The van der Waals surface area contributed by atoms with E-state index in [2.05, 4.69) is 5.32 Å². The van der Waals surface area contributed by atoms with E-state index in [-0.39, 0.29) is 5.25 Å². The van der Waals surface area contributed by atoms with Gasteiger partial charge in [0.2, 0.25) is 5.91 Å². The molecule has 6 heteroatoms. The molecule has 0 saturated heterocycles. The Balaban J connectivity index is 1.96. The molecule has 0 aliphatic heterocycles. The topological polar surface area (TPSA) is 63.2 Å². The molecule has 1 saturated carbocycles. The van der Waals surface area contributed by atoms with Crippen molar-refractivity contribution in [1.29, 1.82) is 0 Å². The van der Waals surface area contributed by atoms with Crippen molar-refractivity contribution in [3.63, 3.8) is 0 Å². The van der Waals surface area contributed by atoms with Gasteiger partial charge in [-0.3, -0.25) is 4.79 Å². The van der Waals surface area contributed by atoms with E-state index < -0.39 is 21.5 Å². The molecule has 0 heterocycles. The van der Waals surface area contributed by atoms with Crippen molar-refractivity contribution in [2.24, 2.45) is 0 Å². The van der Waals surface area contributed by atoms with Crippen LogP contribution in [0.5, 0.6) is 0 Å². The average molecular weight is 327 g/mol. The van der Waals surface area contributed by atoms with E-state index in [0.29, 0.717) is 18.5 Å². The number of carbonyl (C=O) groups excluding carboxylic acids is 1. The zero-order valence-corrected chi connectivity index (χ0v) is 13.8. The summed E-state index contributed by atoms with van der Waals surface area (Å²) < 4.78 is 24.3. The Bertz CT molecular complexity index is 593. The molecule has 0 spiro atoms. The summed E-state index contributed by atoms with van der Waals surface area (Å²) in [7, 11) is -3.32. The molecular formula is C15H21NO3S2. The van der Waals surface area contributed by atoms with Crippen LogP contribution in [0.15, 0.2) is 24.3 Å². The van der Waals surface area contributed by atoms with E-state index in [9.17, 15) is 13.2 Å². The fraction of sp³-hybridized carbons (Fsp3) is 0.533. The van der Waals surface area contributed by atoms with Crippen LogP contribution in [-0.4, -0.2) is 31.6 Å². The van der Waals surface area contributed by atoms with E-state index >= 15 is 0 Å². The van der Waals surface area contributed by atoms with Crippen LogP contribution in [0.2, 0.25) is 0 Å². The first-order valence-corrected chi connectivity index (χ1v) is 10.2. The number of rotatable bonds is 6. The Morgan fingerprint density at radius 1 is 1.33 bits per heavy atom. The van der Waals surface area contributed by atoms with Gasteiger partial charge in [0.1, 0.15) is 5.75 Å². The lowest BCUT2D eigenvalue weighted by Gasteiger charge is -2.11. The molecule has 0 radical (unpaired) electrons. The molecule has 1 aromatic rings. The first kappa shape index (κ1) is 16.4. The maximum Gasteiger partial charge on any atom is 0.239 e. The smallest absolute Gasteiger partial charge is 0.239 e. The second kappa shape index (κ2) is 7.31. The second-order valence-corrected chi connectivity index (χ2v) is 8.54. The van der Waals surface area contributed by atoms with Crippen LogP contribution in [0.4, 0.5) is 5.69 Å². The molecule has 1 aliphatic carbocycles. The summed E-state index contributed by atoms with van der Waals surface area (Å²) in [6.45, 7) is 0. The minimum atomic E-state index is -3.32. The molecule has 1 N–H and O–H groups in total. The molecule has 0 bridgehead atoms. The lowest BCUT2D eigenvalue weighted by atomic mass is 10.2. The molecule has 1 aromatic carbocycles. The molecule has 0 atom stereocenters. The molecule has 4 nitrogen and oxygen atoms in total. The van der Waals surface area contributed by atoms with Gasteiger partial charge in [0.25, 0.3) is 0 Å². The number of anilines is 1. The Morgan fingerprint density at radius 2 is 2.05 bits per heavy atom. The number of amides is 1. The van der Waals surface area contributed by atoms with Crippen LogP contribution in [-0.2, 0) is 20.4 Å². The lowest BCUT2D eigenvalue weighted by Crippen LogP contribution is -2.29. The number of nitrogens with one attached hydrogen (secondary N) is 1. The van der Waals surface area contributed by atoms with Crippen LogP contribution in [0.25, 0.3) is 0 Å². The van der Waals surface area contributed by atoms with Crippen molar-refractivity contribution >= 4 is 33.2 Å². The van der Waals surface area contributed by atoms with E-state index in [0.717, 1.165) is 24.2 Å². The summed E-state index contributed by atoms with van der Waals surface area (Å²) in [5, 5.41) is 2.37. The third-order valence-corrected chi connectivity index (χ3v) is 6.44. The molecule has 21 heavy (non-hydrogen) atoms. The van der Waals surface area contributed by atoms with Crippen molar-refractivity contribution in [2.45, 2.75) is 36.7 Å². The maximum absolute atomic E-state index is 12.1. The largest absolute Gasteiger partial charge is 0.325 e. The van der Waals surface area contributed by atoms with Gasteiger partial charge in [0, 0.05) is 11.4 Å². The zero-order valence-electron chi connectivity index (χ0n) is 12.2. The fourth-order valence-corrected chi connectivity index (χ4v) is 4.89. The quantitative estimate of drug-likeness (QED) is 0.872. The van der Waals surface area contributed by atoms with Crippen LogP contribution in [0.1, 0.15) is 31.2 Å². The summed E-state index contributed by atoms with van der Waals surface area (Å²) in [4.78, 5) is 12.0. The monoisotopic (exact) mass is 327 g/mol. The molecule has 1 amide bonds. The fourth-order valence-electron chi connectivity index (χ4n) is 2.65. The highest BCUT2D eigenvalue weighted by Crippen LogP contribution is 2.25. The van der Waals surface area contributed by atoms with E-state index in [1.165, 1.54) is 0 Å². The summed E-state index contributed by atoms with van der Waals surface area (Å²) in [5.74, 6) is 0.0114. The number of hydrogen-bond donors (Lipinski definition) is 1. The number of thioether (sulfide) groups is 1. The van der Waals surface area contributed by atoms with Crippen molar-refractivity contribution in [2.75, 3.05) is 17.3 Å². The number of carbonyl (C=O) groups is 1. The van der Waals surface area contributed by atoms with Gasteiger partial charge < -0.3 is 5.32 Å². The Morgan fingerprint density at radius 3 is 2.71 bits per heavy atom. The summed E-state index contributed by atoms with van der Waals surface area (Å²) in [5.41, 5.74) is 1.77. The minimum absolute atomic E-state index is 0.328. The van der Waals surface area contributed by atoms with Crippen LogP contribution in [0.3, 0.4) is 0 Å². The SMILES string of the molecule is CSCc1cccc(NC(=O)CS(=O)(=O)C2CCCC2)c1. The van der Waals surface area contributed by atoms with Gasteiger partial charge in [-0.25, -0.2) is 8.42 Å². The molecule has 0 unspecified atom stereocenters. The van der Waals surface area contributed by atoms with E-state index in [1.807, 2.05) is 24.5 Å². The van der Waals surface area contributed by atoms with Gasteiger partial charge in [-0.1, -0.05) is 25.0 Å². The maximum atomic E-state index is 12.1. The molecule has 0 aromatic heterocycles. The highest BCUT2D eigenvalue weighted by molar-refractivity contribution is 7.97. The third kappa shape index (κ3) is 4.74. The second-order valence-electron chi connectivity index (χ2n) is 5.40. The zero-order chi connectivity index (χ0) is 15.3. The van der Waals surface area contributed by atoms with Crippen LogP contribution >= 0.6 is 11.8 Å². The predicted octanol–water partition coefficient (Wildman–Crippen LogP) is 2.85. The van der Waals surface area contributed by atoms with Gasteiger partial charge >= 0.3 is 0 Å². The summed E-state index contributed by atoms with van der Waals surface area (Å²) in [6.07, 6.45) is 5.29. The molecule has 2 rings (SSSR count). The lowest BCUT2D eigenvalue weighted by molar-refractivity contribution is -0.113. The van der Waals surface area contributed by atoms with Crippen molar-refractivity contribution < 1.29 is 13.2 Å². The Labute approximate surface area is 130 Å². The minimum Gasteiger partial charge on any atom is -0.325 e. The highest BCUT2D eigenvalue weighted by Gasteiger charge is 2.30. The Kier molecular flexibility index (Phi) is 5.70. The normalized spacial score (nSPS) is 16.0. The van der Waals surface area contributed by atoms with E-state index in [4.69, 9.17) is 0 Å². The summed E-state index contributed by atoms with van der Waals surface area (Å²) >= 11 is 1.70. The standard InChI is InChI=1S/C15H21NO3S2/c1-20-10-12-5-4-6-13(9-12)16-15(17)11-21(18,19)14-7-2-3-8-14/h4-6,9,14H,2-3,7-8,10-11H2,1H3,(H,16,17). The van der Waals surface area contributed by atoms with Gasteiger partial charge in [-0.2, -0.15) is 11.8 Å². The summed E-state index contributed by atoms with van der Waals surface area (Å²) in [6, 6.07) is 7.52. The van der Waals surface area contributed by atoms with Gasteiger partial charge in [0.05, 0.1) is 5.25 Å². The van der Waals surface area contributed by atoms with Crippen LogP contribution < -0.4 is 5.32 Å². The highest BCUT2D eigenvalue weighted by atomic mass is 32.2. The van der Waals surface area contributed by atoms with Crippen LogP contribution in [0, 0.1) is 0 Å². The third-order valence-electron chi connectivity index (χ3n) is 3.66. The number of hydrogen-bond acceptors (Lipinski definition) is 4. The van der Waals surface area contributed by atoms with Gasteiger partial charge in [0.15, 0.2) is 9.84 Å². The van der Waals surface area contributed by atoms with Crippen molar-refractivity contribution in [3.8, 4) is 0 Å². The predicted molar refractivity (Wildman–Crippen MR) is 88.3 cm³/mol. The molecule has 116 valence electrons. The van der Waals surface area contributed by atoms with Gasteiger partial charge in [-0.15, -0.1) is 0 Å². The number of sulfone groups is 1. The molecule has 1 fully saturated rings. The molecular weight excluding hydrogens is 306 g/mol. The van der Waals surface area contributed by atoms with Gasteiger partial charge in [-0.05, 0) is 36.8 Å². The number of benzene rings is 1. The Hall–Kier alpha value is -1.01. The van der Waals surface area contributed by atoms with Crippen molar-refractivity contribution in [1.82, 2.24) is 0 Å². The first-order valence-electron chi connectivity index (χ1n) is 7.10. The van der Waals surface area contributed by atoms with Crippen molar-refractivity contribution in [3.05, 3.63) is 29.8 Å².